The molecule has 19 heavy (non-hydrogen) atoms. The van der Waals surface area contributed by atoms with Gasteiger partial charge in [-0.05, 0) is 48.8 Å². The van der Waals surface area contributed by atoms with E-state index in [1.165, 1.54) is 12.8 Å². The fourth-order valence-electron chi connectivity index (χ4n) is 2.67. The minimum atomic E-state index is -0.791. The normalized spacial score (nSPS) is 22.0. The maximum Gasteiger partial charge on any atom is 0.303 e. The van der Waals surface area contributed by atoms with Crippen molar-refractivity contribution in [1.82, 2.24) is 0 Å². The van der Waals surface area contributed by atoms with Crippen LogP contribution in [0, 0.1) is 11.3 Å². The van der Waals surface area contributed by atoms with E-state index < -0.39 is 5.97 Å². The summed E-state index contributed by atoms with van der Waals surface area (Å²) in [6.07, 6.45) is 4.12. The van der Waals surface area contributed by atoms with E-state index in [1.807, 2.05) is 24.3 Å². The Morgan fingerprint density at radius 1 is 1.26 bits per heavy atom. The van der Waals surface area contributed by atoms with Gasteiger partial charge in [-0.25, -0.2) is 0 Å². The Morgan fingerprint density at radius 2 is 1.95 bits per heavy atom. The molecule has 0 radical (unpaired) electrons. The molecular weight excluding hydrogens is 242 g/mol. The summed E-state index contributed by atoms with van der Waals surface area (Å²) in [5, 5.41) is 11.6. The molecule has 4 nitrogen and oxygen atoms in total. The number of aliphatic carboxylic acids is 1. The van der Waals surface area contributed by atoms with E-state index in [2.05, 4.69) is 5.32 Å². The van der Waals surface area contributed by atoms with Crippen LogP contribution in [0.15, 0.2) is 24.3 Å². The van der Waals surface area contributed by atoms with Crippen molar-refractivity contribution in [3.63, 3.8) is 0 Å². The predicted octanol–water partition coefficient (Wildman–Crippen LogP) is 2.44. The lowest BCUT2D eigenvalue weighted by atomic mass is 10.1. The highest BCUT2D eigenvalue weighted by Gasteiger charge is 2.65. The number of anilines is 1. The number of rotatable bonds is 5. The van der Waals surface area contributed by atoms with Crippen LogP contribution in [0.5, 0.6) is 0 Å². The standard InChI is InChI=1S/C15H17NO3/c17-13(18)6-3-10-1-4-11(5-2-10)16-14(19)12-9-15(12)7-8-15/h1-2,4-5,12H,3,6-9H2,(H,16,19)(H,17,18). The highest BCUT2D eigenvalue weighted by molar-refractivity contribution is 5.95. The van der Waals surface area contributed by atoms with Crippen LogP contribution in [0.1, 0.15) is 31.2 Å². The number of carboxylic acid groups (broad SMARTS) is 1. The molecule has 1 unspecified atom stereocenters. The molecule has 1 amide bonds. The molecule has 3 rings (SSSR count). The molecule has 0 bridgehead atoms. The van der Waals surface area contributed by atoms with Crippen molar-refractivity contribution in [3.05, 3.63) is 29.8 Å². The van der Waals surface area contributed by atoms with Crippen LogP contribution >= 0.6 is 0 Å². The van der Waals surface area contributed by atoms with E-state index in [0.717, 1.165) is 17.7 Å². The summed E-state index contributed by atoms with van der Waals surface area (Å²) in [6, 6.07) is 7.44. The summed E-state index contributed by atoms with van der Waals surface area (Å²) in [5.74, 6) is -0.434. The lowest BCUT2D eigenvalue weighted by molar-refractivity contribution is -0.137. The molecule has 0 saturated heterocycles. The fourth-order valence-corrected chi connectivity index (χ4v) is 2.67. The monoisotopic (exact) mass is 259 g/mol. The van der Waals surface area contributed by atoms with E-state index in [-0.39, 0.29) is 18.2 Å². The van der Waals surface area contributed by atoms with Crippen molar-refractivity contribution in [2.45, 2.75) is 32.1 Å². The number of hydrogen-bond donors (Lipinski definition) is 2. The molecule has 2 N–H and O–H groups in total. The Morgan fingerprint density at radius 3 is 2.47 bits per heavy atom. The molecule has 2 aliphatic carbocycles. The average molecular weight is 259 g/mol. The Hall–Kier alpha value is -1.84. The van der Waals surface area contributed by atoms with Gasteiger partial charge in [-0.2, -0.15) is 0 Å². The number of benzene rings is 1. The van der Waals surface area contributed by atoms with Gasteiger partial charge in [0.05, 0.1) is 0 Å². The molecule has 1 spiro atoms. The first kappa shape index (κ1) is 12.2. The number of amides is 1. The molecule has 0 heterocycles. The van der Waals surface area contributed by atoms with Gasteiger partial charge in [-0.1, -0.05) is 12.1 Å². The lowest BCUT2D eigenvalue weighted by Crippen LogP contribution is -2.14. The van der Waals surface area contributed by atoms with Crippen LogP contribution < -0.4 is 5.32 Å². The summed E-state index contributed by atoms with van der Waals surface area (Å²) >= 11 is 0. The van der Waals surface area contributed by atoms with E-state index in [1.54, 1.807) is 0 Å². The molecule has 0 aliphatic heterocycles. The van der Waals surface area contributed by atoms with Crippen LogP contribution in [-0.4, -0.2) is 17.0 Å². The molecule has 2 saturated carbocycles. The Kier molecular flexibility index (Phi) is 2.81. The van der Waals surface area contributed by atoms with Crippen molar-refractivity contribution >= 4 is 17.6 Å². The Bertz CT molecular complexity index is 517. The van der Waals surface area contributed by atoms with E-state index >= 15 is 0 Å². The second-order valence-corrected chi connectivity index (χ2v) is 5.70. The van der Waals surface area contributed by atoms with Gasteiger partial charge in [0.15, 0.2) is 0 Å². The van der Waals surface area contributed by atoms with Gasteiger partial charge in [0.1, 0.15) is 0 Å². The quantitative estimate of drug-likeness (QED) is 0.853. The smallest absolute Gasteiger partial charge is 0.303 e. The van der Waals surface area contributed by atoms with Gasteiger partial charge in [-0.3, -0.25) is 9.59 Å². The van der Waals surface area contributed by atoms with E-state index in [0.29, 0.717) is 11.8 Å². The predicted molar refractivity (Wildman–Crippen MR) is 70.8 cm³/mol. The van der Waals surface area contributed by atoms with Gasteiger partial charge in [-0.15, -0.1) is 0 Å². The molecule has 0 aromatic heterocycles. The van der Waals surface area contributed by atoms with Gasteiger partial charge < -0.3 is 10.4 Å². The second kappa shape index (κ2) is 4.37. The first-order valence-corrected chi connectivity index (χ1v) is 6.71. The maximum atomic E-state index is 11.9. The number of carbonyl (C=O) groups excluding carboxylic acids is 1. The third-order valence-corrected chi connectivity index (χ3v) is 4.25. The third-order valence-electron chi connectivity index (χ3n) is 4.25. The third kappa shape index (κ3) is 2.62. The zero-order valence-corrected chi connectivity index (χ0v) is 10.7. The number of carboxylic acids is 1. The summed E-state index contributed by atoms with van der Waals surface area (Å²) in [6.45, 7) is 0. The number of carbonyl (C=O) groups is 2. The van der Waals surface area contributed by atoms with Crippen LogP contribution in [-0.2, 0) is 16.0 Å². The summed E-state index contributed by atoms with van der Waals surface area (Å²) in [7, 11) is 0. The van der Waals surface area contributed by atoms with Crippen LogP contribution in [0.25, 0.3) is 0 Å². The number of aryl methyl sites for hydroxylation is 1. The summed E-state index contributed by atoms with van der Waals surface area (Å²) in [5.41, 5.74) is 2.16. The molecule has 1 aromatic rings. The highest BCUT2D eigenvalue weighted by Crippen LogP contribution is 2.70. The zero-order chi connectivity index (χ0) is 13.5. The van der Waals surface area contributed by atoms with E-state index in [4.69, 9.17) is 5.11 Å². The van der Waals surface area contributed by atoms with Crippen molar-refractivity contribution in [2.24, 2.45) is 11.3 Å². The fraction of sp³-hybridized carbons (Fsp3) is 0.467. The maximum absolute atomic E-state index is 11.9. The zero-order valence-electron chi connectivity index (χ0n) is 10.7. The number of hydrogen-bond acceptors (Lipinski definition) is 2. The first-order chi connectivity index (χ1) is 9.09. The Labute approximate surface area is 111 Å². The number of nitrogens with one attached hydrogen (secondary N) is 1. The minimum Gasteiger partial charge on any atom is -0.481 e. The van der Waals surface area contributed by atoms with Gasteiger partial charge in [0.2, 0.25) is 5.91 Å². The molecule has 1 aromatic carbocycles. The van der Waals surface area contributed by atoms with Crippen molar-refractivity contribution in [2.75, 3.05) is 5.32 Å². The SMILES string of the molecule is O=C(O)CCc1ccc(NC(=O)C2CC23CC3)cc1. The van der Waals surface area contributed by atoms with Crippen LogP contribution in [0.2, 0.25) is 0 Å². The largest absolute Gasteiger partial charge is 0.481 e. The summed E-state index contributed by atoms with van der Waals surface area (Å²) in [4.78, 5) is 22.4. The average Bonchev–Trinajstić information content (AvgIpc) is 3.29. The van der Waals surface area contributed by atoms with Crippen molar-refractivity contribution < 1.29 is 14.7 Å². The van der Waals surface area contributed by atoms with Gasteiger partial charge >= 0.3 is 5.97 Å². The summed E-state index contributed by atoms with van der Waals surface area (Å²) < 4.78 is 0. The van der Waals surface area contributed by atoms with Crippen LogP contribution in [0.3, 0.4) is 0 Å². The van der Waals surface area contributed by atoms with Crippen molar-refractivity contribution in [3.8, 4) is 0 Å². The van der Waals surface area contributed by atoms with Gasteiger partial charge in [0.25, 0.3) is 0 Å². The first-order valence-electron chi connectivity index (χ1n) is 6.71. The van der Waals surface area contributed by atoms with E-state index in [9.17, 15) is 9.59 Å². The molecule has 1 atom stereocenters. The second-order valence-electron chi connectivity index (χ2n) is 5.70. The van der Waals surface area contributed by atoms with Gasteiger partial charge in [0, 0.05) is 18.0 Å². The van der Waals surface area contributed by atoms with Crippen molar-refractivity contribution in [1.29, 1.82) is 0 Å². The topological polar surface area (TPSA) is 66.4 Å². The lowest BCUT2D eigenvalue weighted by Gasteiger charge is -2.06. The Balaban J connectivity index is 1.54. The molecule has 100 valence electrons. The molecule has 4 heteroatoms. The molecular formula is C15H17NO3. The molecule has 2 fully saturated rings. The minimum absolute atomic E-state index is 0.135. The van der Waals surface area contributed by atoms with Crippen LogP contribution in [0.4, 0.5) is 5.69 Å². The highest BCUT2D eigenvalue weighted by atomic mass is 16.4. The molecule has 2 aliphatic rings.